The average molecular weight is 370 g/mol. The Morgan fingerprint density at radius 3 is 2.59 bits per heavy atom. The van der Waals surface area contributed by atoms with E-state index in [4.69, 9.17) is 14.2 Å². The van der Waals surface area contributed by atoms with Gasteiger partial charge in [0, 0.05) is 20.2 Å². The molecule has 8 heteroatoms. The highest BCUT2D eigenvalue weighted by atomic mass is 16.6. The number of anilines is 1. The molecule has 0 bridgehead atoms. The minimum Gasteiger partial charge on any atom is -0.459 e. The number of fused-ring (bicyclic) bond motifs is 1. The number of carbonyl (C=O) groups is 1. The van der Waals surface area contributed by atoms with Crippen LogP contribution in [0.4, 0.5) is 5.82 Å². The second-order valence-corrected chi connectivity index (χ2v) is 6.29. The summed E-state index contributed by atoms with van der Waals surface area (Å²) in [6.07, 6.45) is -0.460. The zero-order valence-corrected chi connectivity index (χ0v) is 15.4. The van der Waals surface area contributed by atoms with E-state index in [1.54, 1.807) is 6.92 Å². The lowest BCUT2D eigenvalue weighted by Crippen LogP contribution is -2.38. The Balaban J connectivity index is 2.01. The summed E-state index contributed by atoms with van der Waals surface area (Å²) in [5.74, 6) is -1.29. The van der Waals surface area contributed by atoms with Crippen LogP contribution in [0.2, 0.25) is 0 Å². The summed E-state index contributed by atoms with van der Waals surface area (Å²) < 4.78 is 15.7. The molecule has 1 aromatic carbocycles. The Morgan fingerprint density at radius 1 is 1.30 bits per heavy atom. The van der Waals surface area contributed by atoms with Gasteiger partial charge >= 0.3 is 5.97 Å². The molecule has 0 spiro atoms. The summed E-state index contributed by atoms with van der Waals surface area (Å²) in [6.45, 7) is 4.32. The van der Waals surface area contributed by atoms with Crippen LogP contribution in [-0.2, 0) is 19.0 Å². The monoisotopic (exact) mass is 370 g/mol. The van der Waals surface area contributed by atoms with E-state index in [0.717, 1.165) is 0 Å². The standard InChI is InChI=1S/C19H22N4O4/c1-13(12-25-2)27-19(24)14(11-20)17-18(23-7-9-26-10-8-23)22-16-6-4-3-5-15(16)21-17/h3-6,13-14H,7-10,12H2,1-2H3/t13-,14-/m0/s1. The second-order valence-electron chi connectivity index (χ2n) is 6.29. The molecule has 3 rings (SSSR count). The van der Waals surface area contributed by atoms with Gasteiger partial charge in [0.25, 0.3) is 0 Å². The lowest BCUT2D eigenvalue weighted by molar-refractivity contribution is -0.150. The third kappa shape index (κ3) is 4.32. The molecule has 1 fully saturated rings. The van der Waals surface area contributed by atoms with Crippen molar-refractivity contribution < 1.29 is 19.0 Å². The van der Waals surface area contributed by atoms with E-state index in [-0.39, 0.29) is 6.61 Å². The Hall–Kier alpha value is -2.76. The predicted molar refractivity (Wildman–Crippen MR) is 98.4 cm³/mol. The largest absolute Gasteiger partial charge is 0.459 e. The quantitative estimate of drug-likeness (QED) is 0.708. The molecule has 1 aliphatic rings. The van der Waals surface area contributed by atoms with Crippen molar-refractivity contribution in [2.75, 3.05) is 44.9 Å². The van der Waals surface area contributed by atoms with E-state index >= 15 is 0 Å². The highest BCUT2D eigenvalue weighted by molar-refractivity contribution is 5.85. The third-order valence-electron chi connectivity index (χ3n) is 4.25. The fraction of sp³-hybridized carbons (Fsp3) is 0.474. The Bertz CT molecular complexity index is 845. The first-order valence-corrected chi connectivity index (χ1v) is 8.82. The van der Waals surface area contributed by atoms with Crippen molar-refractivity contribution >= 4 is 22.8 Å². The number of ether oxygens (including phenoxy) is 3. The zero-order valence-electron chi connectivity index (χ0n) is 15.4. The van der Waals surface area contributed by atoms with Crippen molar-refractivity contribution in [3.8, 4) is 6.07 Å². The first-order chi connectivity index (χ1) is 13.1. The van der Waals surface area contributed by atoms with Crippen LogP contribution in [0.1, 0.15) is 18.5 Å². The molecule has 0 saturated carbocycles. The molecule has 0 N–H and O–H groups in total. The molecular weight excluding hydrogens is 348 g/mol. The van der Waals surface area contributed by atoms with Gasteiger partial charge in [0.1, 0.15) is 11.8 Å². The maximum absolute atomic E-state index is 12.6. The molecule has 1 aromatic heterocycles. The fourth-order valence-electron chi connectivity index (χ4n) is 2.97. The molecule has 0 amide bonds. The van der Waals surface area contributed by atoms with Gasteiger partial charge < -0.3 is 19.1 Å². The van der Waals surface area contributed by atoms with Gasteiger partial charge in [0.05, 0.1) is 36.9 Å². The zero-order chi connectivity index (χ0) is 19.2. The van der Waals surface area contributed by atoms with E-state index in [9.17, 15) is 10.1 Å². The number of aromatic nitrogens is 2. The average Bonchev–Trinajstić information content (AvgIpc) is 2.69. The molecule has 2 aromatic rings. The van der Waals surface area contributed by atoms with E-state index < -0.39 is 18.0 Å². The maximum atomic E-state index is 12.6. The van der Waals surface area contributed by atoms with E-state index in [1.807, 2.05) is 35.2 Å². The number of benzene rings is 1. The van der Waals surface area contributed by atoms with Crippen LogP contribution in [0.3, 0.4) is 0 Å². The Labute approximate surface area is 157 Å². The number of nitrogens with zero attached hydrogens (tertiary/aromatic N) is 4. The van der Waals surface area contributed by atoms with Crippen LogP contribution in [0.15, 0.2) is 24.3 Å². The van der Waals surface area contributed by atoms with Gasteiger partial charge in [-0.2, -0.15) is 5.26 Å². The van der Waals surface area contributed by atoms with E-state index in [0.29, 0.717) is 48.8 Å². The Morgan fingerprint density at radius 2 is 1.96 bits per heavy atom. The SMILES string of the molecule is COC[C@H](C)OC(=O)[C@@H](C#N)c1nc2ccccc2nc1N1CCOCC1. The van der Waals surface area contributed by atoms with Crippen molar-refractivity contribution in [3.63, 3.8) is 0 Å². The lowest BCUT2D eigenvalue weighted by Gasteiger charge is -2.29. The normalized spacial score (nSPS) is 16.6. The number of para-hydroxylation sites is 2. The molecule has 142 valence electrons. The molecule has 0 aliphatic carbocycles. The van der Waals surface area contributed by atoms with Gasteiger partial charge in [-0.05, 0) is 19.1 Å². The summed E-state index contributed by atoms with van der Waals surface area (Å²) in [5.41, 5.74) is 1.65. The number of hydrogen-bond acceptors (Lipinski definition) is 8. The lowest BCUT2D eigenvalue weighted by atomic mass is 10.1. The van der Waals surface area contributed by atoms with E-state index in [1.165, 1.54) is 7.11 Å². The minimum absolute atomic E-state index is 0.254. The molecule has 0 unspecified atom stereocenters. The number of nitriles is 1. The first kappa shape index (κ1) is 19.0. The summed E-state index contributed by atoms with van der Waals surface area (Å²) >= 11 is 0. The van der Waals surface area contributed by atoms with Gasteiger partial charge in [-0.15, -0.1) is 0 Å². The van der Waals surface area contributed by atoms with Crippen molar-refractivity contribution in [1.82, 2.24) is 9.97 Å². The molecule has 8 nitrogen and oxygen atoms in total. The Kier molecular flexibility index (Phi) is 6.16. The summed E-state index contributed by atoms with van der Waals surface area (Å²) in [6, 6.07) is 9.42. The van der Waals surface area contributed by atoms with Gasteiger partial charge in [-0.3, -0.25) is 4.79 Å². The van der Waals surface area contributed by atoms with Crippen molar-refractivity contribution in [2.45, 2.75) is 18.9 Å². The van der Waals surface area contributed by atoms with Gasteiger partial charge in [-0.25, -0.2) is 9.97 Å². The van der Waals surface area contributed by atoms with Crippen LogP contribution < -0.4 is 4.90 Å². The number of morpholine rings is 1. The van der Waals surface area contributed by atoms with Crippen LogP contribution in [0.5, 0.6) is 0 Å². The van der Waals surface area contributed by atoms with Gasteiger partial charge in [0.2, 0.25) is 0 Å². The van der Waals surface area contributed by atoms with Gasteiger partial charge in [-0.1, -0.05) is 12.1 Å². The number of carbonyl (C=O) groups excluding carboxylic acids is 1. The third-order valence-corrected chi connectivity index (χ3v) is 4.25. The number of esters is 1. The van der Waals surface area contributed by atoms with Crippen LogP contribution >= 0.6 is 0 Å². The molecule has 1 aliphatic heterocycles. The molecule has 2 heterocycles. The number of rotatable bonds is 6. The summed E-state index contributed by atoms with van der Waals surface area (Å²) in [7, 11) is 1.53. The first-order valence-electron chi connectivity index (χ1n) is 8.82. The molecule has 2 atom stereocenters. The molecule has 1 saturated heterocycles. The fourth-order valence-corrected chi connectivity index (χ4v) is 2.97. The topological polar surface area (TPSA) is 97.6 Å². The van der Waals surface area contributed by atoms with Gasteiger partial charge in [0.15, 0.2) is 11.7 Å². The number of hydrogen-bond donors (Lipinski definition) is 0. The van der Waals surface area contributed by atoms with Crippen molar-refractivity contribution in [2.24, 2.45) is 0 Å². The van der Waals surface area contributed by atoms with Crippen molar-refractivity contribution in [3.05, 3.63) is 30.0 Å². The highest BCUT2D eigenvalue weighted by Crippen LogP contribution is 2.28. The number of methoxy groups -OCH3 is 1. The molecule has 0 radical (unpaired) electrons. The minimum atomic E-state index is -1.17. The highest BCUT2D eigenvalue weighted by Gasteiger charge is 2.31. The van der Waals surface area contributed by atoms with Crippen LogP contribution in [0, 0.1) is 11.3 Å². The van der Waals surface area contributed by atoms with Crippen molar-refractivity contribution in [1.29, 1.82) is 5.26 Å². The summed E-state index contributed by atoms with van der Waals surface area (Å²) in [5, 5.41) is 9.69. The summed E-state index contributed by atoms with van der Waals surface area (Å²) in [4.78, 5) is 23.9. The maximum Gasteiger partial charge on any atom is 0.330 e. The second kappa shape index (κ2) is 8.75. The predicted octanol–water partition coefficient (Wildman–Crippen LogP) is 1.65. The van der Waals surface area contributed by atoms with Crippen LogP contribution in [0.25, 0.3) is 11.0 Å². The molecular formula is C19H22N4O4. The molecule has 27 heavy (non-hydrogen) atoms. The van der Waals surface area contributed by atoms with Crippen LogP contribution in [-0.4, -0.2) is 62.1 Å². The van der Waals surface area contributed by atoms with E-state index in [2.05, 4.69) is 9.97 Å². The smallest absolute Gasteiger partial charge is 0.330 e.